The lowest BCUT2D eigenvalue weighted by molar-refractivity contribution is -0.155. The van der Waals surface area contributed by atoms with Crippen molar-refractivity contribution in [1.82, 2.24) is 20.0 Å². The Balaban J connectivity index is 1.86. The Morgan fingerprint density at radius 2 is 2.10 bits per heavy atom. The second-order valence-corrected chi connectivity index (χ2v) is 6.53. The van der Waals surface area contributed by atoms with Crippen molar-refractivity contribution in [2.75, 3.05) is 0 Å². The fourth-order valence-corrected chi connectivity index (χ4v) is 2.97. The van der Waals surface area contributed by atoms with Crippen LogP contribution in [0.5, 0.6) is 0 Å². The largest absolute Gasteiger partial charge is 0.340 e. The number of rotatable bonds is 4. The first-order valence-electron chi connectivity index (χ1n) is 7.57. The van der Waals surface area contributed by atoms with Crippen LogP contribution in [0.15, 0.2) is 12.4 Å². The highest BCUT2D eigenvalue weighted by Gasteiger charge is 2.50. The predicted octanol–water partition coefficient (Wildman–Crippen LogP) is 0.919. The van der Waals surface area contributed by atoms with E-state index in [1.807, 2.05) is 17.8 Å². The van der Waals surface area contributed by atoms with E-state index in [9.17, 15) is 9.59 Å². The number of nitrogens with one attached hydrogen (secondary N) is 1. The van der Waals surface area contributed by atoms with Crippen molar-refractivity contribution in [1.29, 1.82) is 0 Å². The normalized spacial score (nSPS) is 25.1. The minimum Gasteiger partial charge on any atom is -0.340 e. The minimum atomic E-state index is -0.830. The third-order valence-electron chi connectivity index (χ3n) is 4.27. The number of piperazine rings is 1. The first-order chi connectivity index (χ1) is 9.92. The zero-order valence-electron chi connectivity index (χ0n) is 12.8. The monoisotopic (exact) mass is 290 g/mol. The molecule has 1 N–H and O–H groups in total. The van der Waals surface area contributed by atoms with Crippen molar-refractivity contribution in [3.63, 3.8) is 0 Å². The van der Waals surface area contributed by atoms with Crippen molar-refractivity contribution in [3.8, 4) is 0 Å². The van der Waals surface area contributed by atoms with Gasteiger partial charge in [-0.15, -0.1) is 0 Å². The fraction of sp³-hybridized carbons (Fsp3) is 0.667. The Labute approximate surface area is 124 Å². The number of hydrogen-bond donors (Lipinski definition) is 1. The first kappa shape index (κ1) is 14.1. The molecule has 2 fully saturated rings. The van der Waals surface area contributed by atoms with Gasteiger partial charge in [-0.05, 0) is 39.5 Å². The molecular formula is C15H22N4O2. The highest BCUT2D eigenvalue weighted by molar-refractivity contribution is 5.99. The van der Waals surface area contributed by atoms with Crippen LogP contribution >= 0.6 is 0 Å². The molecule has 0 spiro atoms. The number of hydrogen-bond acceptors (Lipinski definition) is 3. The second-order valence-electron chi connectivity index (χ2n) is 6.53. The predicted molar refractivity (Wildman–Crippen MR) is 77.2 cm³/mol. The van der Waals surface area contributed by atoms with Gasteiger partial charge in [-0.3, -0.25) is 14.3 Å². The summed E-state index contributed by atoms with van der Waals surface area (Å²) in [6.07, 6.45) is 5.77. The van der Waals surface area contributed by atoms with Gasteiger partial charge in [0.25, 0.3) is 0 Å². The first-order valence-corrected chi connectivity index (χ1v) is 7.57. The molecule has 2 aliphatic rings. The van der Waals surface area contributed by atoms with Crippen molar-refractivity contribution < 1.29 is 9.59 Å². The lowest BCUT2D eigenvalue weighted by Crippen LogP contribution is -2.68. The average Bonchev–Trinajstić information content (AvgIpc) is 3.13. The van der Waals surface area contributed by atoms with Crippen LogP contribution in [0.4, 0.5) is 0 Å². The van der Waals surface area contributed by atoms with Crippen LogP contribution < -0.4 is 5.32 Å². The van der Waals surface area contributed by atoms with Gasteiger partial charge in [0, 0.05) is 24.8 Å². The van der Waals surface area contributed by atoms with E-state index in [1.165, 1.54) is 0 Å². The van der Waals surface area contributed by atoms with Crippen LogP contribution in [0.3, 0.4) is 0 Å². The maximum atomic E-state index is 12.7. The zero-order valence-corrected chi connectivity index (χ0v) is 12.8. The van der Waals surface area contributed by atoms with Gasteiger partial charge in [-0.25, -0.2) is 0 Å². The van der Waals surface area contributed by atoms with E-state index in [-0.39, 0.29) is 17.9 Å². The molecule has 0 aromatic carbocycles. The molecule has 1 aliphatic carbocycles. The summed E-state index contributed by atoms with van der Waals surface area (Å²) in [5, 5.41) is 7.10. The number of carbonyl (C=O) groups is 2. The highest BCUT2D eigenvalue weighted by Crippen LogP contribution is 2.38. The van der Waals surface area contributed by atoms with Crippen molar-refractivity contribution in [3.05, 3.63) is 18.0 Å². The van der Waals surface area contributed by atoms with Gasteiger partial charge < -0.3 is 10.2 Å². The van der Waals surface area contributed by atoms with Crippen LogP contribution in [-0.4, -0.2) is 38.1 Å². The molecule has 1 aromatic heterocycles. The van der Waals surface area contributed by atoms with E-state index in [0.717, 1.165) is 24.9 Å². The van der Waals surface area contributed by atoms with Crippen LogP contribution in [0.25, 0.3) is 0 Å². The number of nitrogens with zero attached hydrogens (tertiary/aromatic N) is 3. The quantitative estimate of drug-likeness (QED) is 0.896. The highest BCUT2D eigenvalue weighted by atomic mass is 16.2. The van der Waals surface area contributed by atoms with Gasteiger partial charge in [0.05, 0.1) is 6.20 Å². The van der Waals surface area contributed by atoms with Gasteiger partial charge in [0.15, 0.2) is 0 Å². The third kappa shape index (κ3) is 2.54. The zero-order chi connectivity index (χ0) is 15.2. The molecule has 1 aromatic rings. The molecular weight excluding hydrogens is 268 g/mol. The summed E-state index contributed by atoms with van der Waals surface area (Å²) in [4.78, 5) is 26.8. The molecule has 21 heavy (non-hydrogen) atoms. The Morgan fingerprint density at radius 1 is 1.38 bits per heavy atom. The SMILES string of the molecule is CCn1cc(CN2C(=O)C(C)(C)NC(=O)C2C2CC2)cn1. The average molecular weight is 290 g/mol. The molecule has 3 rings (SSSR count). The summed E-state index contributed by atoms with van der Waals surface area (Å²) in [7, 11) is 0. The van der Waals surface area contributed by atoms with Gasteiger partial charge in [0.2, 0.25) is 11.8 Å². The molecule has 1 saturated carbocycles. The van der Waals surface area contributed by atoms with Gasteiger partial charge in [-0.2, -0.15) is 5.10 Å². The van der Waals surface area contributed by atoms with Gasteiger partial charge in [-0.1, -0.05) is 0 Å². The Hall–Kier alpha value is -1.85. The Bertz CT molecular complexity index is 574. The van der Waals surface area contributed by atoms with Crippen molar-refractivity contribution >= 4 is 11.8 Å². The lowest BCUT2D eigenvalue weighted by atomic mass is 9.94. The maximum absolute atomic E-state index is 12.7. The number of aryl methyl sites for hydroxylation is 1. The van der Waals surface area contributed by atoms with E-state index in [4.69, 9.17) is 0 Å². The molecule has 6 heteroatoms. The fourth-order valence-electron chi connectivity index (χ4n) is 2.97. The molecule has 0 radical (unpaired) electrons. The van der Waals surface area contributed by atoms with Crippen LogP contribution in [0.1, 0.15) is 39.2 Å². The second kappa shape index (κ2) is 4.86. The van der Waals surface area contributed by atoms with E-state index >= 15 is 0 Å². The molecule has 2 heterocycles. The smallest absolute Gasteiger partial charge is 0.248 e. The lowest BCUT2D eigenvalue weighted by Gasteiger charge is -2.43. The van der Waals surface area contributed by atoms with E-state index < -0.39 is 5.54 Å². The minimum absolute atomic E-state index is 0.0109. The van der Waals surface area contributed by atoms with E-state index in [1.54, 1.807) is 24.9 Å². The summed E-state index contributed by atoms with van der Waals surface area (Å²) in [5.41, 5.74) is 0.143. The van der Waals surface area contributed by atoms with Crippen LogP contribution in [-0.2, 0) is 22.7 Å². The number of aromatic nitrogens is 2. The molecule has 0 bridgehead atoms. The molecule has 1 unspecified atom stereocenters. The molecule has 1 atom stereocenters. The number of carbonyl (C=O) groups excluding carboxylic acids is 2. The molecule has 114 valence electrons. The molecule has 1 aliphatic heterocycles. The summed E-state index contributed by atoms with van der Waals surface area (Å²) >= 11 is 0. The van der Waals surface area contributed by atoms with Crippen LogP contribution in [0, 0.1) is 5.92 Å². The third-order valence-corrected chi connectivity index (χ3v) is 4.27. The van der Waals surface area contributed by atoms with Crippen molar-refractivity contribution in [2.45, 2.75) is 58.3 Å². The van der Waals surface area contributed by atoms with Gasteiger partial charge in [0.1, 0.15) is 11.6 Å². The molecule has 6 nitrogen and oxygen atoms in total. The van der Waals surface area contributed by atoms with Crippen molar-refractivity contribution in [2.24, 2.45) is 5.92 Å². The summed E-state index contributed by atoms with van der Waals surface area (Å²) in [5.74, 6) is 0.277. The van der Waals surface area contributed by atoms with Gasteiger partial charge >= 0.3 is 0 Å². The summed E-state index contributed by atoms with van der Waals surface area (Å²) in [6.45, 7) is 6.80. The summed E-state index contributed by atoms with van der Waals surface area (Å²) < 4.78 is 1.83. The standard InChI is InChI=1S/C15H22N4O2/c1-4-18-8-10(7-16-18)9-19-12(11-5-6-11)13(20)17-15(2,3)14(19)21/h7-8,11-12H,4-6,9H2,1-3H3,(H,17,20). The maximum Gasteiger partial charge on any atom is 0.248 e. The molecule has 1 saturated heterocycles. The Morgan fingerprint density at radius 3 is 2.67 bits per heavy atom. The topological polar surface area (TPSA) is 67.2 Å². The Kier molecular flexibility index (Phi) is 3.26. The van der Waals surface area contributed by atoms with E-state index in [2.05, 4.69) is 10.4 Å². The molecule has 2 amide bonds. The number of amides is 2. The van der Waals surface area contributed by atoms with E-state index in [0.29, 0.717) is 12.5 Å². The van der Waals surface area contributed by atoms with Crippen LogP contribution in [0.2, 0.25) is 0 Å². The summed E-state index contributed by atoms with van der Waals surface area (Å²) in [6, 6.07) is -0.324.